The minimum atomic E-state index is -0.0764. The Hall–Kier alpha value is -6.29. The van der Waals surface area contributed by atoms with Crippen molar-refractivity contribution in [2.45, 2.75) is 19.3 Å². The maximum Gasteiger partial charge on any atom is 0.0744 e. The Kier molecular flexibility index (Phi) is 6.50. The van der Waals surface area contributed by atoms with Gasteiger partial charge in [-0.05, 0) is 75.8 Å². The molecule has 250 valence electrons. The molecule has 1 aliphatic rings. The van der Waals surface area contributed by atoms with E-state index in [9.17, 15) is 0 Å². The normalized spacial score (nSPS) is 13.2. The van der Waals surface area contributed by atoms with Crippen LogP contribution in [0.4, 0.5) is 0 Å². The molecule has 0 saturated carbocycles. The molecule has 0 N–H and O–H groups in total. The fourth-order valence-corrected chi connectivity index (χ4v) is 10.0. The Morgan fingerprint density at radius 2 is 1.13 bits per heavy atom. The van der Waals surface area contributed by atoms with Crippen molar-refractivity contribution in [1.82, 2.24) is 9.55 Å². The number of nitrogens with zero attached hydrogens (tertiary/aromatic N) is 2. The summed E-state index contributed by atoms with van der Waals surface area (Å²) in [6.45, 7) is 4.73. The molecular weight excluding hydrogens is 661 g/mol. The molecule has 2 nitrogen and oxygen atoms in total. The molecule has 0 fully saturated rings. The molecule has 1 aliphatic carbocycles. The van der Waals surface area contributed by atoms with Crippen molar-refractivity contribution in [1.29, 1.82) is 0 Å². The van der Waals surface area contributed by atoms with Crippen LogP contribution in [0, 0.1) is 0 Å². The number of para-hydroxylation sites is 1. The number of hydrogen-bond acceptors (Lipinski definition) is 2. The fraction of sp³-hybridized carbons (Fsp3) is 0.0600. The number of hydrogen-bond donors (Lipinski definition) is 0. The van der Waals surface area contributed by atoms with Crippen molar-refractivity contribution in [3.05, 3.63) is 181 Å². The first-order valence-electron chi connectivity index (χ1n) is 18.3. The Bertz CT molecular complexity index is 3090. The second-order valence-electron chi connectivity index (χ2n) is 14.8. The molecule has 11 rings (SSSR count). The van der Waals surface area contributed by atoms with E-state index < -0.39 is 0 Å². The van der Waals surface area contributed by atoms with Crippen LogP contribution in [0.3, 0.4) is 0 Å². The van der Waals surface area contributed by atoms with Crippen LogP contribution in [-0.2, 0) is 5.41 Å². The Labute approximate surface area is 312 Å². The van der Waals surface area contributed by atoms with E-state index >= 15 is 0 Å². The van der Waals surface area contributed by atoms with Crippen molar-refractivity contribution in [3.8, 4) is 50.5 Å². The lowest BCUT2D eigenvalue weighted by Gasteiger charge is -2.21. The molecule has 0 aliphatic heterocycles. The summed E-state index contributed by atoms with van der Waals surface area (Å²) in [4.78, 5) is 5.50. The van der Waals surface area contributed by atoms with E-state index in [1.165, 1.54) is 75.4 Å². The molecule has 0 radical (unpaired) electrons. The van der Waals surface area contributed by atoms with Crippen molar-refractivity contribution < 1.29 is 0 Å². The SMILES string of the molecule is CC1(C)c2ccccc2-c2cc3c(cc21)c1ccccc1n3-c1cc(-c2cccc(-c3ccccc3)c2)nc(-c2cccc3c2sc2ccccc23)c1. The van der Waals surface area contributed by atoms with Gasteiger partial charge in [-0.1, -0.05) is 141 Å². The van der Waals surface area contributed by atoms with Gasteiger partial charge in [0.25, 0.3) is 0 Å². The van der Waals surface area contributed by atoms with Gasteiger partial charge in [0, 0.05) is 47.5 Å². The van der Waals surface area contributed by atoms with Crippen molar-refractivity contribution in [2.75, 3.05) is 0 Å². The topological polar surface area (TPSA) is 17.8 Å². The summed E-state index contributed by atoms with van der Waals surface area (Å²) in [5.74, 6) is 0. The van der Waals surface area contributed by atoms with Gasteiger partial charge in [-0.3, -0.25) is 0 Å². The lowest BCUT2D eigenvalue weighted by molar-refractivity contribution is 0.661. The minimum absolute atomic E-state index is 0.0764. The van der Waals surface area contributed by atoms with Crippen LogP contribution in [-0.4, -0.2) is 9.55 Å². The fourth-order valence-electron chi connectivity index (χ4n) is 8.81. The smallest absolute Gasteiger partial charge is 0.0744 e. The molecule has 53 heavy (non-hydrogen) atoms. The maximum absolute atomic E-state index is 5.50. The van der Waals surface area contributed by atoms with Gasteiger partial charge in [0.15, 0.2) is 0 Å². The van der Waals surface area contributed by atoms with E-state index in [-0.39, 0.29) is 5.41 Å². The second-order valence-corrected chi connectivity index (χ2v) is 15.8. The molecular formula is C50H34N2S. The lowest BCUT2D eigenvalue weighted by atomic mass is 9.82. The number of rotatable bonds is 4. The summed E-state index contributed by atoms with van der Waals surface area (Å²) in [6.07, 6.45) is 0. The third-order valence-electron chi connectivity index (χ3n) is 11.4. The van der Waals surface area contributed by atoms with Gasteiger partial charge in [-0.15, -0.1) is 11.3 Å². The third-order valence-corrected chi connectivity index (χ3v) is 12.6. The number of fused-ring (bicyclic) bond motifs is 9. The average Bonchev–Trinajstić information content (AvgIpc) is 3.83. The van der Waals surface area contributed by atoms with Gasteiger partial charge >= 0.3 is 0 Å². The minimum Gasteiger partial charge on any atom is -0.309 e. The lowest BCUT2D eigenvalue weighted by Crippen LogP contribution is -2.14. The molecule has 0 amide bonds. The number of pyridine rings is 1. The first-order valence-corrected chi connectivity index (χ1v) is 19.1. The highest BCUT2D eigenvalue weighted by Crippen LogP contribution is 2.51. The zero-order chi connectivity index (χ0) is 35.3. The Morgan fingerprint density at radius 1 is 0.453 bits per heavy atom. The summed E-state index contributed by atoms with van der Waals surface area (Å²) in [5.41, 5.74) is 15.4. The van der Waals surface area contributed by atoms with Crippen LogP contribution in [0.5, 0.6) is 0 Å². The van der Waals surface area contributed by atoms with Crippen LogP contribution in [0.1, 0.15) is 25.0 Å². The van der Waals surface area contributed by atoms with E-state index in [1.807, 2.05) is 11.3 Å². The van der Waals surface area contributed by atoms with Crippen LogP contribution in [0.15, 0.2) is 170 Å². The van der Waals surface area contributed by atoms with Gasteiger partial charge < -0.3 is 4.57 Å². The molecule has 0 saturated heterocycles. The van der Waals surface area contributed by atoms with E-state index in [0.717, 1.165) is 28.2 Å². The van der Waals surface area contributed by atoms with E-state index in [1.54, 1.807) is 0 Å². The Morgan fingerprint density at radius 3 is 2.04 bits per heavy atom. The van der Waals surface area contributed by atoms with Gasteiger partial charge in [-0.2, -0.15) is 0 Å². The predicted octanol–water partition coefficient (Wildman–Crippen LogP) is 13.9. The summed E-state index contributed by atoms with van der Waals surface area (Å²) in [6, 6.07) is 62.1. The molecule has 0 atom stereocenters. The summed E-state index contributed by atoms with van der Waals surface area (Å²) < 4.78 is 5.03. The number of benzene rings is 7. The molecule has 3 heterocycles. The quantitative estimate of drug-likeness (QED) is 0.179. The summed E-state index contributed by atoms with van der Waals surface area (Å²) in [7, 11) is 0. The molecule has 0 spiro atoms. The van der Waals surface area contributed by atoms with Gasteiger partial charge in [0.1, 0.15) is 0 Å². The zero-order valence-corrected chi connectivity index (χ0v) is 30.3. The summed E-state index contributed by atoms with van der Waals surface area (Å²) in [5, 5.41) is 5.10. The highest BCUT2D eigenvalue weighted by atomic mass is 32.1. The number of thiophene rings is 1. The van der Waals surface area contributed by atoms with Crippen molar-refractivity contribution in [2.24, 2.45) is 0 Å². The average molecular weight is 695 g/mol. The predicted molar refractivity (Wildman–Crippen MR) is 225 cm³/mol. The molecule has 7 aromatic carbocycles. The van der Waals surface area contributed by atoms with Crippen LogP contribution >= 0.6 is 11.3 Å². The second kappa shape index (κ2) is 11.4. The first-order chi connectivity index (χ1) is 26.0. The van der Waals surface area contributed by atoms with Crippen LogP contribution in [0.25, 0.3) is 92.4 Å². The highest BCUT2D eigenvalue weighted by molar-refractivity contribution is 7.26. The number of aromatic nitrogens is 2. The molecule has 10 aromatic rings. The van der Waals surface area contributed by atoms with Gasteiger partial charge in [-0.25, -0.2) is 4.98 Å². The van der Waals surface area contributed by atoms with E-state index in [4.69, 9.17) is 4.98 Å². The Balaban J connectivity index is 1.21. The first kappa shape index (κ1) is 30.3. The monoisotopic (exact) mass is 694 g/mol. The molecule has 0 unspecified atom stereocenters. The molecule has 3 aromatic heterocycles. The molecule has 3 heteroatoms. The van der Waals surface area contributed by atoms with Gasteiger partial charge in [0.05, 0.1) is 28.1 Å². The summed E-state index contributed by atoms with van der Waals surface area (Å²) >= 11 is 1.85. The third kappa shape index (κ3) is 4.54. The van der Waals surface area contributed by atoms with E-state index in [2.05, 4.69) is 188 Å². The molecule has 0 bridgehead atoms. The zero-order valence-electron chi connectivity index (χ0n) is 29.5. The van der Waals surface area contributed by atoms with Crippen molar-refractivity contribution in [3.63, 3.8) is 0 Å². The highest BCUT2D eigenvalue weighted by Gasteiger charge is 2.36. The standard InChI is InChI=1S/C50H34N2S/c1-50(2)42-23-9-6-18-35(42)40-30-47-41(29-43(40)50)36-19-7-10-24-46(36)52(47)34-27-44(33-17-12-16-32(26-33)31-14-4-3-5-15-31)51-45(28-34)39-22-13-21-38-37-20-8-11-25-48(37)53-49(38)39/h3-30H,1-2H3. The van der Waals surface area contributed by atoms with Crippen LogP contribution < -0.4 is 0 Å². The van der Waals surface area contributed by atoms with Crippen molar-refractivity contribution >= 4 is 53.3 Å². The van der Waals surface area contributed by atoms with Gasteiger partial charge in [0.2, 0.25) is 0 Å². The maximum atomic E-state index is 5.50. The van der Waals surface area contributed by atoms with E-state index in [0.29, 0.717) is 0 Å². The van der Waals surface area contributed by atoms with Crippen LogP contribution in [0.2, 0.25) is 0 Å². The largest absolute Gasteiger partial charge is 0.309 e.